The molecule has 7 heteroatoms. The molecule has 2 aromatic carbocycles. The number of alkyl halides is 2. The second-order valence-electron chi connectivity index (χ2n) is 6.93. The number of nitrogens with zero attached hydrogens (tertiary/aromatic N) is 3. The van der Waals surface area contributed by atoms with E-state index in [0.29, 0.717) is 11.4 Å². The maximum atomic E-state index is 14.8. The average molecular weight is 493 g/mol. The first-order valence-corrected chi connectivity index (χ1v) is 10.0. The van der Waals surface area contributed by atoms with Crippen LogP contribution in [0.1, 0.15) is 41.5 Å². The van der Waals surface area contributed by atoms with Crippen molar-refractivity contribution in [2.45, 2.75) is 31.9 Å². The summed E-state index contributed by atoms with van der Waals surface area (Å²) in [5.74, 6) is -3.27. The van der Waals surface area contributed by atoms with Gasteiger partial charge in [0.05, 0.1) is 21.9 Å². The van der Waals surface area contributed by atoms with E-state index in [9.17, 15) is 13.6 Å². The van der Waals surface area contributed by atoms with Crippen molar-refractivity contribution < 1.29 is 13.6 Å². The van der Waals surface area contributed by atoms with Gasteiger partial charge in [-0.3, -0.25) is 9.48 Å². The van der Waals surface area contributed by atoms with Gasteiger partial charge in [0, 0.05) is 16.8 Å². The smallest absolute Gasteiger partial charge is 0.298 e. The summed E-state index contributed by atoms with van der Waals surface area (Å²) in [4.78, 5) is 14.7. The quantitative estimate of drug-likeness (QED) is 0.469. The standard InChI is InChI=1S/C21H18F2IN3O/c1-13-14(2)27-19(18(24)12-25-27)20(28)26(13)17-10-8-16(9-11-17)21(22,23)15-6-4-3-5-7-15/h3-14H,1-2H3/t13-,14-/m1/s1. The number of carbonyl (C=O) groups is 1. The second kappa shape index (κ2) is 6.95. The highest BCUT2D eigenvalue weighted by Crippen LogP contribution is 2.38. The maximum Gasteiger partial charge on any atom is 0.298 e. The average Bonchev–Trinajstić information content (AvgIpc) is 3.09. The van der Waals surface area contributed by atoms with Crippen molar-refractivity contribution in [2.75, 3.05) is 4.90 Å². The summed E-state index contributed by atoms with van der Waals surface area (Å²) in [6.45, 7) is 3.93. The zero-order valence-corrected chi connectivity index (χ0v) is 17.5. The lowest BCUT2D eigenvalue weighted by Crippen LogP contribution is -2.49. The molecule has 0 bridgehead atoms. The van der Waals surface area contributed by atoms with Crippen molar-refractivity contribution in [3.05, 3.63) is 81.2 Å². The molecule has 144 valence electrons. The predicted molar refractivity (Wildman–Crippen MR) is 112 cm³/mol. The number of hydrogen-bond donors (Lipinski definition) is 0. The van der Waals surface area contributed by atoms with Crippen LogP contribution in [0.4, 0.5) is 14.5 Å². The first-order valence-electron chi connectivity index (χ1n) is 8.93. The Hall–Kier alpha value is -2.29. The van der Waals surface area contributed by atoms with E-state index < -0.39 is 5.92 Å². The monoisotopic (exact) mass is 493 g/mol. The van der Waals surface area contributed by atoms with Crippen molar-refractivity contribution in [1.82, 2.24) is 9.78 Å². The van der Waals surface area contributed by atoms with Crippen LogP contribution in [0.3, 0.4) is 0 Å². The predicted octanol–water partition coefficient (Wildman–Crippen LogP) is 5.24. The number of hydrogen-bond acceptors (Lipinski definition) is 2. The van der Waals surface area contributed by atoms with Crippen LogP contribution in [-0.4, -0.2) is 21.7 Å². The van der Waals surface area contributed by atoms with E-state index >= 15 is 0 Å². The van der Waals surface area contributed by atoms with Gasteiger partial charge >= 0.3 is 0 Å². The van der Waals surface area contributed by atoms with Crippen LogP contribution in [0.5, 0.6) is 0 Å². The highest BCUT2D eigenvalue weighted by molar-refractivity contribution is 14.1. The topological polar surface area (TPSA) is 38.1 Å². The van der Waals surface area contributed by atoms with Crippen LogP contribution in [-0.2, 0) is 5.92 Å². The maximum absolute atomic E-state index is 14.8. The molecule has 2 heterocycles. The Bertz CT molecular complexity index is 1020. The van der Waals surface area contributed by atoms with E-state index in [1.165, 1.54) is 24.3 Å². The van der Waals surface area contributed by atoms with Gasteiger partial charge < -0.3 is 4.90 Å². The van der Waals surface area contributed by atoms with Crippen LogP contribution >= 0.6 is 22.6 Å². The summed E-state index contributed by atoms with van der Waals surface area (Å²) in [5, 5.41) is 4.31. The number of anilines is 1. The molecule has 0 aliphatic carbocycles. The zero-order chi connectivity index (χ0) is 20.1. The number of carbonyl (C=O) groups excluding carboxylic acids is 1. The molecule has 0 radical (unpaired) electrons. The van der Waals surface area contributed by atoms with Crippen molar-refractivity contribution >= 4 is 34.2 Å². The molecule has 2 atom stereocenters. The molecule has 1 aliphatic rings. The first-order chi connectivity index (χ1) is 13.3. The lowest BCUT2D eigenvalue weighted by atomic mass is 9.99. The molecule has 28 heavy (non-hydrogen) atoms. The highest BCUT2D eigenvalue weighted by Gasteiger charge is 2.39. The normalized spacial score (nSPS) is 19.6. The van der Waals surface area contributed by atoms with E-state index in [1.54, 1.807) is 46.1 Å². The molecule has 0 fully saturated rings. The van der Waals surface area contributed by atoms with Crippen molar-refractivity contribution in [3.8, 4) is 0 Å². The zero-order valence-electron chi connectivity index (χ0n) is 15.3. The Balaban J connectivity index is 1.70. The van der Waals surface area contributed by atoms with E-state index in [2.05, 4.69) is 27.7 Å². The number of fused-ring (bicyclic) bond motifs is 1. The van der Waals surface area contributed by atoms with Crippen molar-refractivity contribution in [3.63, 3.8) is 0 Å². The molecule has 0 saturated carbocycles. The first kappa shape index (κ1) is 19.0. The number of benzene rings is 2. The lowest BCUT2D eigenvalue weighted by molar-refractivity contribution is 0.0428. The molecule has 0 spiro atoms. The lowest BCUT2D eigenvalue weighted by Gasteiger charge is -2.38. The summed E-state index contributed by atoms with van der Waals surface area (Å²) in [5.41, 5.74) is 0.967. The molecular weight excluding hydrogens is 475 g/mol. The van der Waals surface area contributed by atoms with Gasteiger partial charge in [-0.05, 0) is 48.6 Å². The highest BCUT2D eigenvalue weighted by atomic mass is 127. The third-order valence-electron chi connectivity index (χ3n) is 5.31. The van der Waals surface area contributed by atoms with Crippen LogP contribution in [0.2, 0.25) is 0 Å². The van der Waals surface area contributed by atoms with Crippen LogP contribution in [0.15, 0.2) is 60.8 Å². The molecule has 1 aliphatic heterocycles. The fourth-order valence-corrected chi connectivity index (χ4v) is 4.17. The largest absolute Gasteiger partial charge is 0.302 e. The molecule has 4 rings (SSSR count). The van der Waals surface area contributed by atoms with Gasteiger partial charge in [0.15, 0.2) is 0 Å². The molecule has 4 nitrogen and oxygen atoms in total. The minimum Gasteiger partial charge on any atom is -0.302 e. The van der Waals surface area contributed by atoms with Gasteiger partial charge in [-0.25, -0.2) is 0 Å². The summed E-state index contributed by atoms with van der Waals surface area (Å²) in [6.07, 6.45) is 1.67. The fourth-order valence-electron chi connectivity index (χ4n) is 3.57. The molecule has 3 aromatic rings. The number of amides is 1. The molecule has 0 saturated heterocycles. The Morgan fingerprint density at radius 1 is 0.964 bits per heavy atom. The SMILES string of the molecule is C[C@@H]1[C@@H](C)n2ncc(I)c2C(=O)N1c1ccc(C(F)(F)c2ccccc2)cc1. The Kier molecular flexibility index (Phi) is 4.73. The molecule has 0 unspecified atom stereocenters. The molecular formula is C21H18F2IN3O. The summed E-state index contributed by atoms with van der Waals surface area (Å²) in [7, 11) is 0. The second-order valence-corrected chi connectivity index (χ2v) is 8.09. The summed E-state index contributed by atoms with van der Waals surface area (Å²) in [6, 6.07) is 13.5. The van der Waals surface area contributed by atoms with E-state index in [-0.39, 0.29) is 29.1 Å². The number of halogens is 3. The van der Waals surface area contributed by atoms with Gasteiger partial charge in [0.25, 0.3) is 11.8 Å². The Morgan fingerprint density at radius 2 is 1.57 bits per heavy atom. The summed E-state index contributed by atoms with van der Waals surface area (Å²) < 4.78 is 32.1. The fraction of sp³-hybridized carbons (Fsp3) is 0.238. The third kappa shape index (κ3) is 2.92. The van der Waals surface area contributed by atoms with Gasteiger partial charge in [-0.15, -0.1) is 0 Å². The van der Waals surface area contributed by atoms with Gasteiger partial charge in [0.2, 0.25) is 0 Å². The van der Waals surface area contributed by atoms with Crippen LogP contribution in [0.25, 0.3) is 0 Å². The van der Waals surface area contributed by atoms with E-state index in [1.807, 2.05) is 13.8 Å². The van der Waals surface area contributed by atoms with Crippen LogP contribution in [0, 0.1) is 3.57 Å². The van der Waals surface area contributed by atoms with Gasteiger partial charge in [0.1, 0.15) is 5.69 Å². The van der Waals surface area contributed by atoms with Crippen molar-refractivity contribution in [1.29, 1.82) is 0 Å². The molecule has 0 N–H and O–H groups in total. The molecule has 1 amide bonds. The third-order valence-corrected chi connectivity index (χ3v) is 6.10. The van der Waals surface area contributed by atoms with E-state index in [0.717, 1.165) is 3.57 Å². The molecule has 1 aromatic heterocycles. The Labute approximate surface area is 175 Å². The summed E-state index contributed by atoms with van der Waals surface area (Å²) >= 11 is 2.09. The number of aromatic nitrogens is 2. The van der Waals surface area contributed by atoms with Crippen LogP contribution < -0.4 is 4.90 Å². The van der Waals surface area contributed by atoms with Gasteiger partial charge in [-0.1, -0.05) is 42.5 Å². The minimum absolute atomic E-state index is 0.0262. The Morgan fingerprint density at radius 3 is 2.21 bits per heavy atom. The van der Waals surface area contributed by atoms with Crippen molar-refractivity contribution in [2.24, 2.45) is 0 Å². The van der Waals surface area contributed by atoms with Gasteiger partial charge in [-0.2, -0.15) is 13.9 Å². The van der Waals surface area contributed by atoms with E-state index in [4.69, 9.17) is 0 Å². The minimum atomic E-state index is -3.10. The number of rotatable bonds is 3.